The van der Waals surface area contributed by atoms with Crippen molar-refractivity contribution in [3.05, 3.63) is 24.2 Å². The van der Waals surface area contributed by atoms with Crippen molar-refractivity contribution in [3.63, 3.8) is 0 Å². The van der Waals surface area contributed by atoms with E-state index in [1.807, 2.05) is 23.7 Å². The summed E-state index contributed by atoms with van der Waals surface area (Å²) < 4.78 is 25.3. The highest BCUT2D eigenvalue weighted by Crippen LogP contribution is 2.28. The molecular weight excluding hydrogens is 250 g/mol. The Balaban J connectivity index is 2.06. The van der Waals surface area contributed by atoms with Crippen LogP contribution in [-0.4, -0.2) is 34.5 Å². The number of hydrogen-bond donors (Lipinski definition) is 0. The molecule has 2 aromatic rings. The van der Waals surface area contributed by atoms with E-state index in [4.69, 9.17) is 0 Å². The molecule has 1 aliphatic rings. The van der Waals surface area contributed by atoms with Crippen LogP contribution in [0.15, 0.2) is 18.3 Å². The largest absolute Gasteiger partial charge is 0.316 e. The maximum Gasteiger partial charge on any atom is 0.159 e. The second-order valence-corrected chi connectivity index (χ2v) is 7.06. The first-order valence-corrected chi connectivity index (χ1v) is 7.87. The topological polar surface area (TPSA) is 64.8 Å². The first-order chi connectivity index (χ1) is 8.57. The number of nitrogens with zero attached hydrogens (tertiary/aromatic N) is 3. The summed E-state index contributed by atoms with van der Waals surface area (Å²) in [4.78, 5) is 8.82. The number of aromatic nitrogens is 3. The van der Waals surface area contributed by atoms with Crippen molar-refractivity contribution in [2.75, 3.05) is 11.5 Å². The predicted molar refractivity (Wildman–Crippen MR) is 69.1 cm³/mol. The van der Waals surface area contributed by atoms with Crippen molar-refractivity contribution in [2.45, 2.75) is 18.8 Å². The number of aryl methyl sites for hydroxylation is 1. The molecule has 6 heteroatoms. The second kappa shape index (κ2) is 4.05. The van der Waals surface area contributed by atoms with E-state index in [2.05, 4.69) is 9.97 Å². The molecule has 3 heterocycles. The van der Waals surface area contributed by atoms with Gasteiger partial charge in [0.25, 0.3) is 0 Å². The van der Waals surface area contributed by atoms with Crippen LogP contribution >= 0.6 is 0 Å². The number of fused-ring (bicyclic) bond motifs is 1. The number of pyridine rings is 1. The van der Waals surface area contributed by atoms with Crippen LogP contribution in [0.2, 0.25) is 0 Å². The Hall–Kier alpha value is -1.43. The lowest BCUT2D eigenvalue weighted by atomic mass is 10.1. The molecule has 0 bridgehead atoms. The van der Waals surface area contributed by atoms with Crippen LogP contribution in [0, 0.1) is 0 Å². The monoisotopic (exact) mass is 265 g/mol. The zero-order chi connectivity index (χ0) is 12.8. The quantitative estimate of drug-likeness (QED) is 0.778. The van der Waals surface area contributed by atoms with Crippen molar-refractivity contribution >= 4 is 21.0 Å². The highest BCUT2D eigenvalue weighted by atomic mass is 32.2. The molecule has 1 saturated heterocycles. The minimum atomic E-state index is -2.91. The van der Waals surface area contributed by atoms with Crippen molar-refractivity contribution in [1.29, 1.82) is 0 Å². The summed E-state index contributed by atoms with van der Waals surface area (Å²) in [6.07, 6.45) is 3.34. The highest BCUT2D eigenvalue weighted by Gasteiger charge is 2.29. The fourth-order valence-electron chi connectivity index (χ4n) is 2.63. The summed E-state index contributed by atoms with van der Waals surface area (Å²) in [6, 6.07) is 3.75. The molecule has 0 saturated carbocycles. The smallest absolute Gasteiger partial charge is 0.159 e. The number of rotatable bonds is 1. The highest BCUT2D eigenvalue weighted by molar-refractivity contribution is 7.91. The normalized spacial score (nSPS) is 23.3. The Bertz CT molecular complexity index is 690. The van der Waals surface area contributed by atoms with Gasteiger partial charge in [0.2, 0.25) is 0 Å². The second-order valence-electron chi connectivity index (χ2n) is 4.83. The first kappa shape index (κ1) is 11.6. The zero-order valence-corrected chi connectivity index (χ0v) is 11.0. The fraction of sp³-hybridized carbons (Fsp3) is 0.500. The maximum atomic E-state index is 11.7. The molecule has 1 unspecified atom stereocenters. The molecule has 0 aliphatic carbocycles. The van der Waals surface area contributed by atoms with Crippen LogP contribution in [0.4, 0.5) is 0 Å². The minimum absolute atomic E-state index is 0.00273. The van der Waals surface area contributed by atoms with E-state index in [0.29, 0.717) is 5.75 Å². The third-order valence-electron chi connectivity index (χ3n) is 3.49. The third kappa shape index (κ3) is 1.90. The van der Waals surface area contributed by atoms with Crippen LogP contribution in [0.25, 0.3) is 11.2 Å². The molecule has 0 radical (unpaired) electrons. The van der Waals surface area contributed by atoms with E-state index < -0.39 is 9.84 Å². The minimum Gasteiger partial charge on any atom is -0.316 e. The van der Waals surface area contributed by atoms with Gasteiger partial charge in [-0.1, -0.05) is 0 Å². The van der Waals surface area contributed by atoms with Crippen molar-refractivity contribution in [2.24, 2.45) is 7.05 Å². The summed E-state index contributed by atoms with van der Waals surface area (Å²) in [6.45, 7) is 0. The predicted octanol–water partition coefficient (Wildman–Crippen LogP) is 1.26. The van der Waals surface area contributed by atoms with Crippen molar-refractivity contribution in [1.82, 2.24) is 14.5 Å². The zero-order valence-electron chi connectivity index (χ0n) is 10.2. The standard InChI is InChI=1S/C12H15N3O2S/c1-15-11(9-4-3-7-18(16,17)8-9)14-10-5-2-6-13-12(10)15/h2,5-6,9H,3-4,7-8H2,1H3. The molecule has 1 atom stereocenters. The lowest BCUT2D eigenvalue weighted by Crippen LogP contribution is -2.25. The van der Waals surface area contributed by atoms with Gasteiger partial charge in [-0.2, -0.15) is 0 Å². The number of hydrogen-bond acceptors (Lipinski definition) is 4. The van der Waals surface area contributed by atoms with E-state index in [1.54, 1.807) is 6.20 Å². The summed E-state index contributed by atoms with van der Waals surface area (Å²) in [7, 11) is -1.01. The molecule has 2 aromatic heterocycles. The van der Waals surface area contributed by atoms with E-state index in [0.717, 1.165) is 29.8 Å². The molecule has 96 valence electrons. The summed E-state index contributed by atoms with van der Waals surface area (Å²) >= 11 is 0. The van der Waals surface area contributed by atoms with Crippen LogP contribution in [-0.2, 0) is 16.9 Å². The molecule has 1 aliphatic heterocycles. The molecule has 3 rings (SSSR count). The molecule has 0 aromatic carbocycles. The molecule has 18 heavy (non-hydrogen) atoms. The van der Waals surface area contributed by atoms with Gasteiger partial charge in [0.15, 0.2) is 15.5 Å². The number of imidazole rings is 1. The van der Waals surface area contributed by atoms with Gasteiger partial charge in [-0.05, 0) is 25.0 Å². The van der Waals surface area contributed by atoms with E-state index in [-0.39, 0.29) is 11.7 Å². The van der Waals surface area contributed by atoms with Gasteiger partial charge in [0.05, 0.1) is 11.5 Å². The lowest BCUT2D eigenvalue weighted by molar-refractivity contribution is 0.537. The van der Waals surface area contributed by atoms with E-state index >= 15 is 0 Å². The SMILES string of the molecule is Cn1c(C2CCCS(=O)(=O)C2)nc2cccnc21. The average Bonchev–Trinajstić information content (AvgIpc) is 2.66. The van der Waals surface area contributed by atoms with Gasteiger partial charge in [-0.3, -0.25) is 0 Å². The Kier molecular flexibility index (Phi) is 2.62. The first-order valence-electron chi connectivity index (χ1n) is 6.04. The molecule has 0 N–H and O–H groups in total. The van der Waals surface area contributed by atoms with Gasteiger partial charge in [0, 0.05) is 19.2 Å². The van der Waals surface area contributed by atoms with Gasteiger partial charge < -0.3 is 4.57 Å². The van der Waals surface area contributed by atoms with E-state index in [1.165, 1.54) is 0 Å². The molecule has 0 amide bonds. The van der Waals surface area contributed by atoms with E-state index in [9.17, 15) is 8.42 Å². The van der Waals surface area contributed by atoms with Crippen LogP contribution in [0.3, 0.4) is 0 Å². The van der Waals surface area contributed by atoms with Crippen LogP contribution in [0.5, 0.6) is 0 Å². The Morgan fingerprint density at radius 1 is 1.44 bits per heavy atom. The van der Waals surface area contributed by atoms with Crippen molar-refractivity contribution < 1.29 is 8.42 Å². The summed E-state index contributed by atoms with van der Waals surface area (Å²) in [5.41, 5.74) is 1.65. The van der Waals surface area contributed by atoms with Gasteiger partial charge in [0.1, 0.15) is 11.3 Å². The summed E-state index contributed by atoms with van der Waals surface area (Å²) in [5, 5.41) is 0. The van der Waals surface area contributed by atoms with Crippen LogP contribution in [0.1, 0.15) is 24.6 Å². The van der Waals surface area contributed by atoms with Gasteiger partial charge in [-0.15, -0.1) is 0 Å². The molecule has 1 fully saturated rings. The van der Waals surface area contributed by atoms with Gasteiger partial charge >= 0.3 is 0 Å². The number of sulfone groups is 1. The third-order valence-corrected chi connectivity index (χ3v) is 5.31. The lowest BCUT2D eigenvalue weighted by Gasteiger charge is -2.21. The average molecular weight is 265 g/mol. The molecular formula is C12H15N3O2S. The Morgan fingerprint density at radius 3 is 3.00 bits per heavy atom. The molecule has 5 nitrogen and oxygen atoms in total. The fourth-order valence-corrected chi connectivity index (χ4v) is 4.33. The van der Waals surface area contributed by atoms with Crippen molar-refractivity contribution in [3.8, 4) is 0 Å². The Labute approximate surface area is 106 Å². The van der Waals surface area contributed by atoms with Gasteiger partial charge in [-0.25, -0.2) is 18.4 Å². The maximum absolute atomic E-state index is 11.7. The molecule has 0 spiro atoms. The van der Waals surface area contributed by atoms with Crippen LogP contribution < -0.4 is 0 Å². The summed E-state index contributed by atoms with van der Waals surface area (Å²) in [5.74, 6) is 1.37. The Morgan fingerprint density at radius 2 is 2.28 bits per heavy atom.